The molecule has 0 saturated heterocycles. The summed E-state index contributed by atoms with van der Waals surface area (Å²) in [6.07, 6.45) is 0. The predicted molar refractivity (Wildman–Crippen MR) is 108 cm³/mol. The Hall–Kier alpha value is -2.89. The van der Waals surface area contributed by atoms with E-state index in [4.69, 9.17) is 29.0 Å². The Morgan fingerprint density at radius 1 is 1.28 bits per heavy atom. The van der Waals surface area contributed by atoms with Gasteiger partial charge < -0.3 is 11.2 Å². The van der Waals surface area contributed by atoms with Gasteiger partial charge in [0.05, 0.1) is 15.7 Å². The predicted octanol–water partition coefficient (Wildman–Crippen LogP) is 3.74. The van der Waals surface area contributed by atoms with E-state index >= 15 is 0 Å². The van der Waals surface area contributed by atoms with Gasteiger partial charge >= 0.3 is 5.69 Å². The van der Waals surface area contributed by atoms with Crippen LogP contribution in [0.3, 0.4) is 0 Å². The Morgan fingerprint density at radius 3 is 2.72 bits per heavy atom. The lowest BCUT2D eigenvalue weighted by molar-refractivity contribution is -0.387. The molecule has 0 aliphatic heterocycles. The molecule has 3 rings (SSSR count). The highest BCUT2D eigenvalue weighted by Gasteiger charge is 2.18. The number of anilines is 1. The molecule has 3 aromatic rings. The summed E-state index contributed by atoms with van der Waals surface area (Å²) >= 11 is 13.0. The zero-order valence-electron chi connectivity index (χ0n) is 14.3. The molecule has 0 aliphatic rings. The smallest absolute Gasteiger partial charge is 0.306 e. The van der Waals surface area contributed by atoms with Crippen molar-refractivity contribution in [2.24, 2.45) is 0 Å². The number of carbonyl (C=O) groups is 1. The van der Waals surface area contributed by atoms with Crippen LogP contribution in [0.5, 0.6) is 0 Å². The number of nitrogens with one attached hydrogen (secondary N) is 1. The lowest BCUT2D eigenvalue weighted by Crippen LogP contribution is -2.16. The second kappa shape index (κ2) is 8.64. The third kappa shape index (κ3) is 4.75. The normalized spacial score (nSPS) is 10.7. The molecule has 0 fully saturated rings. The molecule has 1 aromatic heterocycles. The van der Waals surface area contributed by atoms with Gasteiger partial charge in [-0.1, -0.05) is 35.0 Å². The molecule has 0 atom stereocenters. The van der Waals surface area contributed by atoms with E-state index in [1.54, 1.807) is 12.1 Å². The first kappa shape index (κ1) is 20.8. The highest BCUT2D eigenvalue weighted by Crippen LogP contribution is 2.30. The number of nitrogen functional groups attached to an aromatic ring is 1. The number of nitro groups is 1. The molecule has 0 bridgehead atoms. The molecule has 0 radical (unpaired) electrons. The van der Waals surface area contributed by atoms with E-state index in [0.29, 0.717) is 15.6 Å². The van der Waals surface area contributed by atoms with E-state index in [0.717, 1.165) is 23.9 Å². The van der Waals surface area contributed by atoms with Crippen molar-refractivity contribution in [2.75, 3.05) is 16.9 Å². The monoisotopic (exact) mass is 456 g/mol. The van der Waals surface area contributed by atoms with Crippen molar-refractivity contribution >= 4 is 52.2 Å². The third-order valence-electron chi connectivity index (χ3n) is 3.60. The Morgan fingerprint density at radius 2 is 2.03 bits per heavy atom. The van der Waals surface area contributed by atoms with E-state index in [9.17, 15) is 19.3 Å². The van der Waals surface area contributed by atoms with Crippen molar-refractivity contribution in [3.05, 3.63) is 62.4 Å². The second-order valence-corrected chi connectivity index (χ2v) is 7.35. The Labute approximate surface area is 177 Å². The summed E-state index contributed by atoms with van der Waals surface area (Å²) in [6.45, 7) is 0. The fourth-order valence-electron chi connectivity index (χ4n) is 2.29. The number of carbonyl (C=O) groups excluding carboxylic acids is 1. The summed E-state index contributed by atoms with van der Waals surface area (Å²) < 4.78 is 14.5. The number of hydrogen-bond acceptors (Lipinski definition) is 7. The minimum Gasteiger partial charge on any atom is -0.335 e. The van der Waals surface area contributed by atoms with Crippen LogP contribution < -0.4 is 11.2 Å². The van der Waals surface area contributed by atoms with E-state index < -0.39 is 22.3 Å². The standard InChI is InChI=1S/C16H11Cl2FN6O3S/c17-8-1-3-10(11(18)5-8)15-22-23-16(24(15)20)29-7-14(26)21-9-2-4-12(19)13(6-9)25(27)28/h1-6H,7,20H2,(H,21,26). The number of halogens is 3. The topological polar surface area (TPSA) is 129 Å². The van der Waals surface area contributed by atoms with E-state index in [-0.39, 0.29) is 22.4 Å². The van der Waals surface area contributed by atoms with Crippen molar-refractivity contribution < 1.29 is 14.1 Å². The number of hydrogen-bond donors (Lipinski definition) is 2. The van der Waals surface area contributed by atoms with Crippen LogP contribution in [0.4, 0.5) is 15.8 Å². The van der Waals surface area contributed by atoms with Crippen LogP contribution in [0, 0.1) is 15.9 Å². The number of rotatable bonds is 6. The van der Waals surface area contributed by atoms with Crippen LogP contribution in [0.25, 0.3) is 11.4 Å². The van der Waals surface area contributed by atoms with Gasteiger partial charge in [0.2, 0.25) is 16.9 Å². The summed E-state index contributed by atoms with van der Waals surface area (Å²) in [5, 5.41) is 22.1. The maximum Gasteiger partial charge on any atom is 0.306 e. The highest BCUT2D eigenvalue weighted by atomic mass is 35.5. The van der Waals surface area contributed by atoms with Crippen molar-refractivity contribution in [1.82, 2.24) is 14.9 Å². The van der Waals surface area contributed by atoms with Crippen LogP contribution in [-0.4, -0.2) is 31.5 Å². The lowest BCUT2D eigenvalue weighted by Gasteiger charge is -2.07. The van der Waals surface area contributed by atoms with Gasteiger partial charge in [-0.3, -0.25) is 14.9 Å². The van der Waals surface area contributed by atoms with Gasteiger partial charge in [0.25, 0.3) is 0 Å². The molecule has 29 heavy (non-hydrogen) atoms. The van der Waals surface area contributed by atoms with Gasteiger partial charge in [-0.25, -0.2) is 4.68 Å². The molecule has 0 aliphatic carbocycles. The van der Waals surface area contributed by atoms with E-state index in [1.807, 2.05) is 0 Å². The first-order valence-corrected chi connectivity index (χ1v) is 9.53. The van der Waals surface area contributed by atoms with Gasteiger partial charge in [0.15, 0.2) is 5.82 Å². The number of thioether (sulfide) groups is 1. The molecule has 150 valence electrons. The average Bonchev–Trinajstić information content (AvgIpc) is 3.02. The number of aromatic nitrogens is 3. The fourth-order valence-corrected chi connectivity index (χ4v) is 3.44. The van der Waals surface area contributed by atoms with Crippen molar-refractivity contribution in [1.29, 1.82) is 0 Å². The van der Waals surface area contributed by atoms with Crippen LogP contribution >= 0.6 is 35.0 Å². The fraction of sp³-hybridized carbons (Fsp3) is 0.0625. The van der Waals surface area contributed by atoms with Gasteiger partial charge in [-0.05, 0) is 30.3 Å². The van der Waals surface area contributed by atoms with Crippen molar-refractivity contribution in [2.45, 2.75) is 5.16 Å². The third-order valence-corrected chi connectivity index (χ3v) is 5.09. The van der Waals surface area contributed by atoms with E-state index in [1.165, 1.54) is 16.8 Å². The molecular formula is C16H11Cl2FN6O3S. The first-order valence-electron chi connectivity index (χ1n) is 7.78. The van der Waals surface area contributed by atoms with Crippen molar-refractivity contribution in [3.8, 4) is 11.4 Å². The molecule has 9 nitrogen and oxygen atoms in total. The first-order chi connectivity index (χ1) is 13.8. The molecular weight excluding hydrogens is 446 g/mol. The van der Waals surface area contributed by atoms with Crippen LogP contribution in [-0.2, 0) is 4.79 Å². The maximum atomic E-state index is 13.4. The number of benzene rings is 2. The summed E-state index contributed by atoms with van der Waals surface area (Å²) in [7, 11) is 0. The molecule has 3 N–H and O–H groups in total. The number of amides is 1. The quantitative estimate of drug-likeness (QED) is 0.250. The molecule has 0 saturated carbocycles. The summed E-state index contributed by atoms with van der Waals surface area (Å²) in [6, 6.07) is 7.86. The molecule has 0 spiro atoms. The Balaban J connectivity index is 1.68. The second-order valence-electron chi connectivity index (χ2n) is 5.56. The van der Waals surface area contributed by atoms with Gasteiger partial charge in [0, 0.05) is 22.3 Å². The lowest BCUT2D eigenvalue weighted by atomic mass is 10.2. The van der Waals surface area contributed by atoms with E-state index in [2.05, 4.69) is 15.5 Å². The van der Waals surface area contributed by atoms with Gasteiger partial charge in [0.1, 0.15) is 0 Å². The molecule has 0 unspecified atom stereocenters. The van der Waals surface area contributed by atoms with Gasteiger partial charge in [-0.2, -0.15) is 4.39 Å². The largest absolute Gasteiger partial charge is 0.335 e. The Kier molecular flexibility index (Phi) is 6.20. The minimum atomic E-state index is -0.994. The van der Waals surface area contributed by atoms with Crippen molar-refractivity contribution in [3.63, 3.8) is 0 Å². The van der Waals surface area contributed by atoms with Gasteiger partial charge in [-0.15, -0.1) is 10.2 Å². The van der Waals surface area contributed by atoms with Crippen LogP contribution in [0.1, 0.15) is 0 Å². The SMILES string of the molecule is Nn1c(SCC(=O)Nc2ccc(F)c([N+](=O)[O-])c2)nnc1-c1ccc(Cl)cc1Cl. The summed E-state index contributed by atoms with van der Waals surface area (Å²) in [5.74, 6) is 4.66. The summed E-state index contributed by atoms with van der Waals surface area (Å²) in [4.78, 5) is 22.0. The average molecular weight is 457 g/mol. The minimum absolute atomic E-state index is 0.0894. The number of nitrogens with zero attached hydrogens (tertiary/aromatic N) is 4. The zero-order chi connectivity index (χ0) is 21.1. The highest BCUT2D eigenvalue weighted by molar-refractivity contribution is 7.99. The molecule has 13 heteroatoms. The molecule has 2 aromatic carbocycles. The Bertz CT molecular complexity index is 1110. The molecule has 1 amide bonds. The van der Waals surface area contributed by atoms with Crippen LogP contribution in [0.2, 0.25) is 10.0 Å². The summed E-state index contributed by atoms with van der Waals surface area (Å²) in [5.41, 5.74) is -0.130. The number of nitro benzene ring substituents is 1. The maximum absolute atomic E-state index is 13.4. The number of nitrogens with two attached hydrogens (primary N) is 1. The van der Waals surface area contributed by atoms with Crippen LogP contribution in [0.15, 0.2) is 41.6 Å². The molecule has 1 heterocycles. The zero-order valence-corrected chi connectivity index (χ0v) is 16.6.